The number of nitrogens with two attached hydrogens (primary N) is 1. The average Bonchev–Trinajstić information content (AvgIpc) is 2.41. The summed E-state index contributed by atoms with van der Waals surface area (Å²) in [5, 5.41) is 18.4. The summed E-state index contributed by atoms with van der Waals surface area (Å²) in [5.41, 5.74) is 8.13. The Labute approximate surface area is 115 Å². The number of nitrogens with one attached hydrogen (secondary N) is 1. The summed E-state index contributed by atoms with van der Waals surface area (Å²) in [6, 6.07) is 9.29. The van der Waals surface area contributed by atoms with Crippen molar-refractivity contribution >= 4 is 5.82 Å². The fourth-order valence-electron chi connectivity index (χ4n) is 2.03. The van der Waals surface area contributed by atoms with Crippen molar-refractivity contribution < 1.29 is 0 Å². The summed E-state index contributed by atoms with van der Waals surface area (Å²) >= 11 is 0. The van der Waals surface area contributed by atoms with Gasteiger partial charge in [-0.2, -0.15) is 10.5 Å². The number of anilines is 1. The predicted molar refractivity (Wildman–Crippen MR) is 75.8 cm³/mol. The van der Waals surface area contributed by atoms with Gasteiger partial charge in [-0.1, -0.05) is 18.2 Å². The quantitative estimate of drug-likeness (QED) is 0.821. The van der Waals surface area contributed by atoms with Crippen LogP contribution in [0.3, 0.4) is 0 Å². The van der Waals surface area contributed by atoms with E-state index in [1.54, 1.807) is 6.07 Å². The zero-order valence-corrected chi connectivity index (χ0v) is 11.1. The van der Waals surface area contributed by atoms with E-state index < -0.39 is 5.56 Å². The number of H-pyrrole nitrogens is 1. The van der Waals surface area contributed by atoms with Crippen molar-refractivity contribution in [3.63, 3.8) is 0 Å². The molecule has 0 aliphatic rings. The van der Waals surface area contributed by atoms with Gasteiger partial charge in [0, 0.05) is 5.56 Å². The molecule has 5 heteroatoms. The van der Waals surface area contributed by atoms with Gasteiger partial charge < -0.3 is 10.7 Å². The van der Waals surface area contributed by atoms with E-state index in [9.17, 15) is 15.3 Å². The number of aromatic nitrogens is 1. The zero-order chi connectivity index (χ0) is 14.9. The van der Waals surface area contributed by atoms with E-state index in [0.29, 0.717) is 11.1 Å². The Morgan fingerprint density at radius 2 is 1.75 bits per heavy atom. The lowest BCUT2D eigenvalue weighted by atomic mass is 9.94. The number of aryl methyl sites for hydroxylation is 2. The van der Waals surface area contributed by atoms with Gasteiger partial charge in [-0.05, 0) is 30.5 Å². The molecule has 0 spiro atoms. The summed E-state index contributed by atoms with van der Waals surface area (Å²) in [7, 11) is 0. The van der Waals surface area contributed by atoms with Gasteiger partial charge in [-0.15, -0.1) is 0 Å². The first-order valence-corrected chi connectivity index (χ1v) is 5.93. The molecule has 1 aromatic carbocycles. The van der Waals surface area contributed by atoms with Gasteiger partial charge in [-0.25, -0.2) is 0 Å². The van der Waals surface area contributed by atoms with Crippen LogP contribution < -0.4 is 11.3 Å². The fourth-order valence-corrected chi connectivity index (χ4v) is 2.03. The van der Waals surface area contributed by atoms with Crippen LogP contribution in [0.2, 0.25) is 0 Å². The standard InChI is InChI=1S/C15H12N4O/c1-8-3-4-10(5-9(8)2)13-11(6-16)14(18)19-15(20)12(13)7-17/h3-5H,1-2H3,(H3,18,19,20). The van der Waals surface area contributed by atoms with Crippen LogP contribution >= 0.6 is 0 Å². The number of nitrogen functional groups attached to an aromatic ring is 1. The van der Waals surface area contributed by atoms with Crippen molar-refractivity contribution in [2.75, 3.05) is 5.73 Å². The topological polar surface area (TPSA) is 106 Å². The number of hydrogen-bond acceptors (Lipinski definition) is 4. The van der Waals surface area contributed by atoms with Crippen molar-refractivity contribution in [2.45, 2.75) is 13.8 Å². The highest BCUT2D eigenvalue weighted by Gasteiger charge is 2.18. The normalized spacial score (nSPS) is 9.80. The van der Waals surface area contributed by atoms with Gasteiger partial charge in [0.05, 0.1) is 0 Å². The molecule has 98 valence electrons. The minimum atomic E-state index is -0.586. The number of pyridine rings is 1. The van der Waals surface area contributed by atoms with Crippen LogP contribution in [-0.2, 0) is 0 Å². The second-order valence-electron chi connectivity index (χ2n) is 4.52. The molecular weight excluding hydrogens is 252 g/mol. The maximum absolute atomic E-state index is 11.8. The number of hydrogen-bond donors (Lipinski definition) is 2. The molecule has 2 aromatic rings. The number of nitriles is 2. The molecule has 0 fully saturated rings. The minimum Gasteiger partial charge on any atom is -0.384 e. The maximum Gasteiger partial charge on any atom is 0.268 e. The number of benzene rings is 1. The van der Waals surface area contributed by atoms with E-state index in [-0.39, 0.29) is 16.9 Å². The largest absolute Gasteiger partial charge is 0.384 e. The molecule has 0 amide bonds. The molecule has 2 rings (SSSR count). The van der Waals surface area contributed by atoms with E-state index in [1.807, 2.05) is 38.1 Å². The van der Waals surface area contributed by atoms with Crippen LogP contribution in [0.5, 0.6) is 0 Å². The third-order valence-corrected chi connectivity index (χ3v) is 3.26. The third-order valence-electron chi connectivity index (χ3n) is 3.26. The van der Waals surface area contributed by atoms with Crippen molar-refractivity contribution in [1.29, 1.82) is 10.5 Å². The lowest BCUT2D eigenvalue weighted by molar-refractivity contribution is 1.21. The summed E-state index contributed by atoms with van der Waals surface area (Å²) in [5.74, 6) is -0.0234. The highest BCUT2D eigenvalue weighted by atomic mass is 16.1. The van der Waals surface area contributed by atoms with Gasteiger partial charge in [-0.3, -0.25) is 4.79 Å². The molecule has 0 unspecified atom stereocenters. The Hall–Kier alpha value is -3.05. The van der Waals surface area contributed by atoms with Crippen LogP contribution in [0.1, 0.15) is 22.3 Å². The molecule has 0 saturated carbocycles. The Balaban J connectivity index is 2.92. The smallest absolute Gasteiger partial charge is 0.268 e. The summed E-state index contributed by atoms with van der Waals surface area (Å²) < 4.78 is 0. The van der Waals surface area contributed by atoms with E-state index in [1.165, 1.54) is 0 Å². The van der Waals surface area contributed by atoms with Gasteiger partial charge in [0.2, 0.25) is 0 Å². The second kappa shape index (κ2) is 4.91. The van der Waals surface area contributed by atoms with E-state index in [4.69, 9.17) is 5.73 Å². The number of nitrogens with zero attached hydrogens (tertiary/aromatic N) is 2. The monoisotopic (exact) mass is 264 g/mol. The average molecular weight is 264 g/mol. The molecule has 5 nitrogen and oxygen atoms in total. The number of rotatable bonds is 1. The van der Waals surface area contributed by atoms with Gasteiger partial charge in [0.15, 0.2) is 0 Å². The van der Waals surface area contributed by atoms with Crippen LogP contribution in [0.15, 0.2) is 23.0 Å². The zero-order valence-electron chi connectivity index (χ0n) is 11.1. The third kappa shape index (κ3) is 2.02. The Kier molecular flexibility index (Phi) is 3.28. The van der Waals surface area contributed by atoms with Crippen LogP contribution in [0, 0.1) is 36.5 Å². The summed E-state index contributed by atoms with van der Waals surface area (Å²) in [4.78, 5) is 14.1. The van der Waals surface area contributed by atoms with Crippen LogP contribution in [-0.4, -0.2) is 4.98 Å². The van der Waals surface area contributed by atoms with Crippen LogP contribution in [0.4, 0.5) is 5.82 Å². The Morgan fingerprint density at radius 3 is 2.30 bits per heavy atom. The lowest BCUT2D eigenvalue weighted by Crippen LogP contribution is -2.16. The molecule has 0 radical (unpaired) electrons. The van der Waals surface area contributed by atoms with E-state index >= 15 is 0 Å². The highest BCUT2D eigenvalue weighted by Crippen LogP contribution is 2.29. The molecule has 0 aliphatic carbocycles. The van der Waals surface area contributed by atoms with Gasteiger partial charge in [0.25, 0.3) is 5.56 Å². The molecule has 3 N–H and O–H groups in total. The van der Waals surface area contributed by atoms with E-state index in [0.717, 1.165) is 11.1 Å². The van der Waals surface area contributed by atoms with Gasteiger partial charge in [0.1, 0.15) is 29.1 Å². The first-order chi connectivity index (χ1) is 9.49. The molecule has 0 aliphatic heterocycles. The predicted octanol–water partition coefficient (Wildman–Crippen LogP) is 1.98. The Morgan fingerprint density at radius 1 is 1.10 bits per heavy atom. The Bertz CT molecular complexity index is 835. The van der Waals surface area contributed by atoms with E-state index in [2.05, 4.69) is 4.98 Å². The molecule has 1 heterocycles. The first-order valence-electron chi connectivity index (χ1n) is 5.93. The SMILES string of the molecule is Cc1ccc(-c2c(C#N)c(N)[nH]c(=O)c2C#N)cc1C. The lowest BCUT2D eigenvalue weighted by Gasteiger charge is -2.10. The molecule has 20 heavy (non-hydrogen) atoms. The molecule has 0 atom stereocenters. The summed E-state index contributed by atoms with van der Waals surface area (Å²) in [6.07, 6.45) is 0. The van der Waals surface area contributed by atoms with Gasteiger partial charge >= 0.3 is 0 Å². The second-order valence-corrected chi connectivity index (χ2v) is 4.52. The molecule has 0 bridgehead atoms. The van der Waals surface area contributed by atoms with Crippen LogP contribution in [0.25, 0.3) is 11.1 Å². The van der Waals surface area contributed by atoms with Crippen molar-refractivity contribution in [3.05, 3.63) is 50.8 Å². The first kappa shape index (κ1) is 13.4. The highest BCUT2D eigenvalue weighted by molar-refractivity contribution is 5.80. The van der Waals surface area contributed by atoms with Crippen molar-refractivity contribution in [2.24, 2.45) is 0 Å². The van der Waals surface area contributed by atoms with Crippen molar-refractivity contribution in [3.8, 4) is 23.3 Å². The molecular formula is C15H12N4O. The number of aromatic amines is 1. The fraction of sp³-hybridized carbons (Fsp3) is 0.133. The minimum absolute atomic E-state index is 0.0234. The molecule has 0 saturated heterocycles. The summed E-state index contributed by atoms with van der Waals surface area (Å²) in [6.45, 7) is 3.88. The van der Waals surface area contributed by atoms with Crippen molar-refractivity contribution in [1.82, 2.24) is 4.98 Å². The molecule has 1 aromatic heterocycles. The maximum atomic E-state index is 11.8.